The molecule has 0 unspecified atom stereocenters. The zero-order valence-electron chi connectivity index (χ0n) is 26.8. The van der Waals surface area contributed by atoms with Crippen LogP contribution < -0.4 is 0 Å². The van der Waals surface area contributed by atoms with Crippen molar-refractivity contribution in [1.29, 1.82) is 0 Å². The molecule has 0 aliphatic heterocycles. The lowest BCUT2D eigenvalue weighted by molar-refractivity contribution is 1.01. The SMILES string of the molecule is [C-]#[N+]c1cccc(-n2c3ccccc3c3cc(-c4ccc5c(c4)c4ccccc4n5-c4nc(-c5ccccc5)c5ccccc5n4)ccc32)c1. The molecule has 7 aromatic carbocycles. The van der Waals surface area contributed by atoms with Gasteiger partial charge in [0.2, 0.25) is 5.95 Å². The zero-order chi connectivity index (χ0) is 33.2. The summed E-state index contributed by atoms with van der Waals surface area (Å²) in [6.45, 7) is 7.56. The van der Waals surface area contributed by atoms with Gasteiger partial charge in [0, 0.05) is 38.2 Å². The van der Waals surface area contributed by atoms with Gasteiger partial charge in [0.25, 0.3) is 0 Å². The van der Waals surface area contributed by atoms with E-state index in [4.69, 9.17) is 16.5 Å². The van der Waals surface area contributed by atoms with E-state index in [1.54, 1.807) is 0 Å². The molecule has 3 heterocycles. The van der Waals surface area contributed by atoms with Crippen molar-refractivity contribution in [1.82, 2.24) is 19.1 Å². The molecule has 232 valence electrons. The van der Waals surface area contributed by atoms with Gasteiger partial charge in [-0.25, -0.2) is 14.8 Å². The van der Waals surface area contributed by atoms with Crippen molar-refractivity contribution in [3.63, 3.8) is 0 Å². The molecule has 50 heavy (non-hydrogen) atoms. The molecule has 0 N–H and O–H groups in total. The average Bonchev–Trinajstić information content (AvgIpc) is 3.70. The number of hydrogen-bond donors (Lipinski definition) is 0. The summed E-state index contributed by atoms with van der Waals surface area (Å²) < 4.78 is 4.45. The predicted octanol–water partition coefficient (Wildman–Crippen LogP) is 11.7. The lowest BCUT2D eigenvalue weighted by Gasteiger charge is -2.12. The molecule has 0 saturated carbocycles. The molecule has 0 fully saturated rings. The molecule has 5 heteroatoms. The van der Waals surface area contributed by atoms with Crippen LogP contribution in [0, 0.1) is 6.57 Å². The van der Waals surface area contributed by atoms with Gasteiger partial charge in [-0.05, 0) is 65.7 Å². The zero-order valence-corrected chi connectivity index (χ0v) is 26.8. The van der Waals surface area contributed by atoms with E-state index in [0.717, 1.165) is 71.8 Å². The second-order valence-electron chi connectivity index (χ2n) is 12.6. The number of fused-ring (bicyclic) bond motifs is 7. The van der Waals surface area contributed by atoms with E-state index in [9.17, 15) is 0 Å². The van der Waals surface area contributed by atoms with Gasteiger partial charge >= 0.3 is 0 Å². The number of hydrogen-bond acceptors (Lipinski definition) is 2. The second kappa shape index (κ2) is 11.0. The summed E-state index contributed by atoms with van der Waals surface area (Å²) >= 11 is 0. The molecule has 0 aliphatic rings. The molecule has 0 amide bonds. The summed E-state index contributed by atoms with van der Waals surface area (Å²) in [5, 5.41) is 5.68. The minimum atomic E-state index is 0.628. The maximum atomic E-state index is 7.56. The number of nitrogens with zero attached hydrogens (tertiary/aromatic N) is 5. The normalized spacial score (nSPS) is 11.6. The maximum absolute atomic E-state index is 7.56. The molecule has 0 bridgehead atoms. The Morgan fingerprint density at radius 3 is 1.70 bits per heavy atom. The Bertz CT molecular complexity index is 3000. The van der Waals surface area contributed by atoms with Gasteiger partial charge in [-0.2, -0.15) is 0 Å². The number of rotatable bonds is 4. The fraction of sp³-hybridized carbons (Fsp3) is 0. The van der Waals surface area contributed by atoms with Crippen molar-refractivity contribution in [2.75, 3.05) is 0 Å². The van der Waals surface area contributed by atoms with Gasteiger partial charge in [-0.15, -0.1) is 0 Å². The van der Waals surface area contributed by atoms with E-state index in [0.29, 0.717) is 11.6 Å². The van der Waals surface area contributed by atoms with E-state index < -0.39 is 0 Å². The van der Waals surface area contributed by atoms with Crippen LogP contribution in [0.2, 0.25) is 0 Å². The minimum absolute atomic E-state index is 0.628. The van der Waals surface area contributed by atoms with Crippen molar-refractivity contribution in [2.24, 2.45) is 0 Å². The first-order valence-electron chi connectivity index (χ1n) is 16.6. The Morgan fingerprint density at radius 2 is 1.00 bits per heavy atom. The molecule has 0 radical (unpaired) electrons. The fourth-order valence-corrected chi connectivity index (χ4v) is 7.48. The molecule has 0 aliphatic carbocycles. The van der Waals surface area contributed by atoms with E-state index in [-0.39, 0.29) is 0 Å². The van der Waals surface area contributed by atoms with Crippen molar-refractivity contribution in [3.8, 4) is 34.0 Å². The van der Waals surface area contributed by atoms with Crippen molar-refractivity contribution in [2.45, 2.75) is 0 Å². The van der Waals surface area contributed by atoms with Crippen LogP contribution in [-0.2, 0) is 0 Å². The van der Waals surface area contributed by atoms with Crippen molar-refractivity contribution < 1.29 is 0 Å². The smallest absolute Gasteiger partial charge is 0.235 e. The highest BCUT2D eigenvalue weighted by atomic mass is 15.2. The van der Waals surface area contributed by atoms with Gasteiger partial charge in [0.1, 0.15) is 0 Å². The van der Waals surface area contributed by atoms with Gasteiger partial charge in [0.05, 0.1) is 39.8 Å². The molecular formula is C45H27N5. The molecule has 0 atom stereocenters. The third-order valence-electron chi connectivity index (χ3n) is 9.73. The Labute approximate surface area is 287 Å². The van der Waals surface area contributed by atoms with Crippen LogP contribution in [0.5, 0.6) is 0 Å². The highest BCUT2D eigenvalue weighted by Crippen LogP contribution is 2.39. The third-order valence-corrected chi connectivity index (χ3v) is 9.73. The van der Waals surface area contributed by atoms with Crippen molar-refractivity contribution in [3.05, 3.63) is 175 Å². The molecule has 10 rings (SSSR count). The second-order valence-corrected chi connectivity index (χ2v) is 12.6. The fourth-order valence-electron chi connectivity index (χ4n) is 7.48. The molecule has 0 saturated heterocycles. The Balaban J connectivity index is 1.17. The average molecular weight is 638 g/mol. The number of benzene rings is 7. The van der Waals surface area contributed by atoms with Crippen LogP contribution in [0.15, 0.2) is 164 Å². The number of aromatic nitrogens is 4. The van der Waals surface area contributed by atoms with Gasteiger partial charge in [-0.3, -0.25) is 4.57 Å². The van der Waals surface area contributed by atoms with E-state index in [1.165, 1.54) is 10.8 Å². The summed E-state index contributed by atoms with van der Waals surface area (Å²) in [5.74, 6) is 0.651. The first kappa shape index (κ1) is 28.0. The van der Waals surface area contributed by atoms with Gasteiger partial charge in [-0.1, -0.05) is 109 Å². The lowest BCUT2D eigenvalue weighted by atomic mass is 10.0. The molecule has 5 nitrogen and oxygen atoms in total. The van der Waals surface area contributed by atoms with Crippen LogP contribution in [0.3, 0.4) is 0 Å². The molecule has 10 aromatic rings. The summed E-state index contributed by atoms with van der Waals surface area (Å²) in [5.41, 5.74) is 11.1. The summed E-state index contributed by atoms with van der Waals surface area (Å²) in [6.07, 6.45) is 0. The standard InChI is InChI=1S/C45H27N5/c1-46-32-14-11-15-33(28-32)49-40-20-9-6-16-34(40)37-26-30(22-24-42(37)49)31-23-25-43-38(27-31)35-17-7-10-21-41(35)50(43)45-47-39-19-8-5-18-36(39)44(48-45)29-12-3-2-4-13-29/h2-28H. The first-order valence-corrected chi connectivity index (χ1v) is 16.6. The first-order chi connectivity index (χ1) is 24.7. The predicted molar refractivity (Wildman–Crippen MR) is 205 cm³/mol. The van der Waals surface area contributed by atoms with Crippen LogP contribution in [0.25, 0.3) is 93.4 Å². The lowest BCUT2D eigenvalue weighted by Crippen LogP contribution is -2.03. The van der Waals surface area contributed by atoms with Crippen LogP contribution in [0.4, 0.5) is 5.69 Å². The third kappa shape index (κ3) is 4.26. The Morgan fingerprint density at radius 1 is 0.420 bits per heavy atom. The monoisotopic (exact) mass is 637 g/mol. The Hall–Kier alpha value is -7.03. The highest BCUT2D eigenvalue weighted by molar-refractivity contribution is 6.12. The summed E-state index contributed by atoms with van der Waals surface area (Å²) in [6, 6.07) is 56.8. The maximum Gasteiger partial charge on any atom is 0.235 e. The molecule has 0 spiro atoms. The summed E-state index contributed by atoms with van der Waals surface area (Å²) in [4.78, 5) is 14.0. The largest absolute Gasteiger partial charge is 0.311 e. The van der Waals surface area contributed by atoms with Crippen LogP contribution in [0.1, 0.15) is 0 Å². The topological polar surface area (TPSA) is 40.0 Å². The minimum Gasteiger partial charge on any atom is -0.311 e. The Kier molecular flexibility index (Phi) is 6.17. The van der Waals surface area contributed by atoms with Crippen molar-refractivity contribution >= 4 is 60.2 Å². The van der Waals surface area contributed by atoms with E-state index in [1.807, 2.05) is 36.4 Å². The number of para-hydroxylation sites is 3. The van der Waals surface area contributed by atoms with Gasteiger partial charge < -0.3 is 4.57 Å². The molecular weight excluding hydrogens is 611 g/mol. The van der Waals surface area contributed by atoms with Crippen LogP contribution >= 0.6 is 0 Å². The molecule has 3 aromatic heterocycles. The highest BCUT2D eigenvalue weighted by Gasteiger charge is 2.19. The quantitative estimate of drug-likeness (QED) is 0.180. The van der Waals surface area contributed by atoms with Gasteiger partial charge in [0.15, 0.2) is 5.69 Å². The summed E-state index contributed by atoms with van der Waals surface area (Å²) in [7, 11) is 0. The van der Waals surface area contributed by atoms with E-state index >= 15 is 0 Å². The van der Waals surface area contributed by atoms with Crippen LogP contribution in [-0.4, -0.2) is 19.1 Å². The van der Waals surface area contributed by atoms with E-state index in [2.05, 4.69) is 141 Å².